The van der Waals surface area contributed by atoms with Crippen molar-refractivity contribution in [1.29, 1.82) is 0 Å². The summed E-state index contributed by atoms with van der Waals surface area (Å²) in [6.07, 6.45) is 3.56. The molecule has 0 aromatic carbocycles. The van der Waals surface area contributed by atoms with E-state index in [0.29, 0.717) is 19.3 Å². The number of methoxy groups -OCH3 is 1. The number of hydrogen-bond donors (Lipinski definition) is 0. The SMILES string of the molecule is COC1=C[C@@]23CC[C@H]4C(=O)O[C@@H](c5ccsc5)C[C@@H]4[C@H]2C(=O)[C@@H](OC(C)=O)C[C@@H]13. The minimum absolute atomic E-state index is 0.0451. The summed E-state index contributed by atoms with van der Waals surface area (Å²) in [6.45, 7) is 1.33. The lowest BCUT2D eigenvalue weighted by Gasteiger charge is -2.61. The average Bonchev–Trinajstić information content (AvgIpc) is 3.21. The number of ketones is 1. The predicted molar refractivity (Wildman–Crippen MR) is 104 cm³/mol. The van der Waals surface area contributed by atoms with Gasteiger partial charge in [0.2, 0.25) is 0 Å². The highest BCUT2D eigenvalue weighted by Crippen LogP contribution is 2.66. The fourth-order valence-electron chi connectivity index (χ4n) is 6.22. The molecule has 29 heavy (non-hydrogen) atoms. The molecular formula is C22H24O6S. The van der Waals surface area contributed by atoms with Crippen molar-refractivity contribution in [3.63, 3.8) is 0 Å². The number of carbonyl (C=O) groups excluding carboxylic acids is 3. The van der Waals surface area contributed by atoms with Crippen LogP contribution in [0.15, 0.2) is 28.7 Å². The quantitative estimate of drug-likeness (QED) is 0.703. The number of fused-ring (bicyclic) bond motifs is 2. The first-order chi connectivity index (χ1) is 13.9. The lowest BCUT2D eigenvalue weighted by atomic mass is 9.43. The number of ether oxygens (including phenoxy) is 3. The van der Waals surface area contributed by atoms with Crippen LogP contribution in [0.4, 0.5) is 0 Å². The van der Waals surface area contributed by atoms with Crippen LogP contribution in [-0.4, -0.2) is 30.9 Å². The monoisotopic (exact) mass is 416 g/mol. The molecule has 0 radical (unpaired) electrons. The van der Waals surface area contributed by atoms with Gasteiger partial charge in [0.15, 0.2) is 11.9 Å². The Morgan fingerprint density at radius 3 is 2.83 bits per heavy atom. The highest BCUT2D eigenvalue weighted by atomic mass is 32.1. The van der Waals surface area contributed by atoms with Gasteiger partial charge in [-0.05, 0) is 48.1 Å². The first-order valence-electron chi connectivity index (χ1n) is 10.1. The summed E-state index contributed by atoms with van der Waals surface area (Å²) >= 11 is 1.57. The molecule has 2 heterocycles. The third kappa shape index (κ3) is 2.70. The number of cyclic esters (lactones) is 1. The third-order valence-electron chi connectivity index (χ3n) is 7.40. The van der Waals surface area contributed by atoms with Crippen molar-refractivity contribution in [3.8, 4) is 0 Å². The second-order valence-electron chi connectivity index (χ2n) is 8.66. The zero-order chi connectivity index (χ0) is 20.3. The standard InChI is InChI=1S/C22H24O6S/c1-11(23)27-17-8-15-18(26-2)9-22(15)5-3-13-14(19(22)20(17)24)7-16(28-21(13)25)12-4-6-29-10-12/h4,6,9-10,13-17,19H,3,5,7-8H2,1-2H3/t13-,14+,15+,16-,17+,19+,22-/m1/s1. The zero-order valence-corrected chi connectivity index (χ0v) is 17.3. The van der Waals surface area contributed by atoms with Gasteiger partial charge in [0, 0.05) is 36.2 Å². The van der Waals surface area contributed by atoms with E-state index in [4.69, 9.17) is 14.2 Å². The molecule has 1 aromatic heterocycles. The van der Waals surface area contributed by atoms with Gasteiger partial charge in [-0.1, -0.05) is 0 Å². The van der Waals surface area contributed by atoms with E-state index < -0.39 is 12.1 Å². The first kappa shape index (κ1) is 18.9. The summed E-state index contributed by atoms with van der Waals surface area (Å²) in [7, 11) is 1.64. The molecule has 3 fully saturated rings. The molecular weight excluding hydrogens is 392 g/mol. The highest BCUT2D eigenvalue weighted by Gasteiger charge is 2.66. The van der Waals surface area contributed by atoms with Gasteiger partial charge in [0.05, 0.1) is 18.8 Å². The number of esters is 2. The molecule has 0 unspecified atom stereocenters. The Morgan fingerprint density at radius 1 is 1.31 bits per heavy atom. The molecule has 1 aliphatic heterocycles. The maximum Gasteiger partial charge on any atom is 0.309 e. The molecule has 6 nitrogen and oxygen atoms in total. The van der Waals surface area contributed by atoms with Crippen molar-refractivity contribution in [1.82, 2.24) is 0 Å². The number of thiophene rings is 1. The van der Waals surface area contributed by atoms with Crippen molar-refractivity contribution in [2.75, 3.05) is 7.11 Å². The average molecular weight is 416 g/mol. The summed E-state index contributed by atoms with van der Waals surface area (Å²) < 4.78 is 16.7. The Morgan fingerprint density at radius 2 is 2.14 bits per heavy atom. The minimum Gasteiger partial charge on any atom is -0.501 e. The fourth-order valence-corrected chi connectivity index (χ4v) is 6.92. The van der Waals surface area contributed by atoms with Gasteiger partial charge >= 0.3 is 11.9 Å². The largest absolute Gasteiger partial charge is 0.501 e. The van der Waals surface area contributed by atoms with E-state index in [9.17, 15) is 14.4 Å². The normalized spacial score (nSPS) is 40.4. The lowest BCUT2D eigenvalue weighted by molar-refractivity contribution is -0.190. The van der Waals surface area contributed by atoms with Crippen molar-refractivity contribution >= 4 is 29.1 Å². The summed E-state index contributed by atoms with van der Waals surface area (Å²) in [4.78, 5) is 38.0. The highest BCUT2D eigenvalue weighted by molar-refractivity contribution is 7.07. The van der Waals surface area contributed by atoms with Gasteiger partial charge in [-0.3, -0.25) is 14.4 Å². The number of hydrogen-bond acceptors (Lipinski definition) is 7. The van der Waals surface area contributed by atoms with Crippen LogP contribution < -0.4 is 0 Å². The second-order valence-corrected chi connectivity index (χ2v) is 9.44. The second kappa shape index (κ2) is 6.69. The van der Waals surface area contributed by atoms with Gasteiger partial charge in [-0.2, -0.15) is 11.3 Å². The first-order valence-corrected chi connectivity index (χ1v) is 11.1. The van der Waals surface area contributed by atoms with Crippen molar-refractivity contribution < 1.29 is 28.6 Å². The van der Waals surface area contributed by atoms with Crippen LogP contribution in [0.25, 0.3) is 0 Å². The summed E-state index contributed by atoms with van der Waals surface area (Å²) in [5.74, 6) is -0.525. The topological polar surface area (TPSA) is 78.9 Å². The minimum atomic E-state index is -0.772. The number of rotatable bonds is 3. The molecule has 0 amide bonds. The molecule has 1 spiro atoms. The Balaban J connectivity index is 1.53. The maximum atomic E-state index is 13.5. The van der Waals surface area contributed by atoms with Gasteiger partial charge in [-0.25, -0.2) is 0 Å². The van der Waals surface area contributed by atoms with Gasteiger partial charge in [0.25, 0.3) is 0 Å². The van der Waals surface area contributed by atoms with Crippen LogP contribution in [0.3, 0.4) is 0 Å². The van der Waals surface area contributed by atoms with Gasteiger partial charge < -0.3 is 14.2 Å². The molecule has 0 N–H and O–H groups in total. The Bertz CT molecular complexity index is 889. The van der Waals surface area contributed by atoms with Gasteiger partial charge in [-0.15, -0.1) is 0 Å². The third-order valence-corrected chi connectivity index (χ3v) is 8.10. The van der Waals surface area contributed by atoms with Crippen LogP contribution >= 0.6 is 11.3 Å². The summed E-state index contributed by atoms with van der Waals surface area (Å²) in [5.41, 5.74) is 0.691. The van der Waals surface area contributed by atoms with Crippen molar-refractivity contribution in [2.45, 2.75) is 44.8 Å². The fraction of sp³-hybridized carbons (Fsp3) is 0.591. The predicted octanol–water partition coefficient (Wildman–Crippen LogP) is 3.43. The summed E-state index contributed by atoms with van der Waals surface area (Å²) in [5, 5.41) is 3.96. The Labute approximate surface area is 173 Å². The van der Waals surface area contributed by atoms with Gasteiger partial charge in [0.1, 0.15) is 6.10 Å². The van der Waals surface area contributed by atoms with Crippen LogP contribution in [-0.2, 0) is 28.6 Å². The van der Waals surface area contributed by atoms with E-state index >= 15 is 0 Å². The van der Waals surface area contributed by atoms with E-state index in [2.05, 4.69) is 6.08 Å². The Kier molecular flexibility index (Phi) is 4.35. The van der Waals surface area contributed by atoms with Crippen LogP contribution in [0, 0.1) is 29.1 Å². The van der Waals surface area contributed by atoms with Crippen molar-refractivity contribution in [3.05, 3.63) is 34.2 Å². The van der Waals surface area contributed by atoms with Crippen LogP contribution in [0.1, 0.15) is 44.3 Å². The molecule has 5 rings (SSSR count). The molecule has 0 bridgehead atoms. The van der Waals surface area contributed by atoms with Crippen LogP contribution in [0.2, 0.25) is 0 Å². The number of allylic oxidation sites excluding steroid dienone is 2. The molecule has 1 saturated heterocycles. The Hall–Kier alpha value is -2.15. The molecule has 2 saturated carbocycles. The van der Waals surface area contributed by atoms with Crippen molar-refractivity contribution in [2.24, 2.45) is 29.1 Å². The number of carbonyl (C=O) groups is 3. The molecule has 7 atom stereocenters. The molecule has 7 heteroatoms. The van der Waals surface area contributed by atoms with E-state index in [0.717, 1.165) is 17.7 Å². The molecule has 4 aliphatic rings. The van der Waals surface area contributed by atoms with E-state index in [1.54, 1.807) is 18.4 Å². The number of Topliss-reactive ketones (excluding diaryl/α,β-unsaturated/α-hetero) is 1. The summed E-state index contributed by atoms with van der Waals surface area (Å²) in [6, 6.07) is 1.97. The lowest BCUT2D eigenvalue weighted by Crippen LogP contribution is -2.63. The maximum absolute atomic E-state index is 13.5. The van der Waals surface area contributed by atoms with E-state index in [1.807, 2.05) is 16.8 Å². The van der Waals surface area contributed by atoms with Crippen LogP contribution in [0.5, 0.6) is 0 Å². The molecule has 1 aromatic rings. The zero-order valence-electron chi connectivity index (χ0n) is 16.5. The molecule has 3 aliphatic carbocycles. The van der Waals surface area contributed by atoms with E-state index in [-0.39, 0.29) is 46.9 Å². The van der Waals surface area contributed by atoms with E-state index in [1.165, 1.54) is 6.92 Å². The molecule has 154 valence electrons. The smallest absolute Gasteiger partial charge is 0.309 e.